The minimum atomic E-state index is -4.65. The molecule has 3 heterocycles. The maximum atomic E-state index is 13.2. The van der Waals surface area contributed by atoms with Crippen molar-refractivity contribution < 1.29 is 22.7 Å². The van der Waals surface area contributed by atoms with Crippen LogP contribution in [0, 0.1) is 11.3 Å². The zero-order valence-corrected chi connectivity index (χ0v) is 19.1. The molecule has 2 N–H and O–H groups in total. The quantitative estimate of drug-likeness (QED) is 0.426. The molecule has 0 aliphatic heterocycles. The van der Waals surface area contributed by atoms with Gasteiger partial charge in [0.2, 0.25) is 11.9 Å². The van der Waals surface area contributed by atoms with Gasteiger partial charge in [0, 0.05) is 39.5 Å². The molecule has 4 rings (SSSR count). The number of hydrogen-bond acceptors (Lipinski definition) is 7. The van der Waals surface area contributed by atoms with Crippen LogP contribution in [0.2, 0.25) is 0 Å². The lowest BCUT2D eigenvalue weighted by Gasteiger charge is -2.12. The predicted octanol–water partition coefficient (Wildman–Crippen LogP) is 4.05. The Bertz CT molecular complexity index is 1600. The molecule has 0 saturated heterocycles. The van der Waals surface area contributed by atoms with Crippen LogP contribution in [0.5, 0.6) is 11.5 Å². The van der Waals surface area contributed by atoms with Gasteiger partial charge >= 0.3 is 6.18 Å². The van der Waals surface area contributed by atoms with Crippen LogP contribution in [0.15, 0.2) is 47.5 Å². The molecule has 0 spiro atoms. The second-order valence-electron chi connectivity index (χ2n) is 7.75. The largest absolute Gasteiger partial charge is 0.456 e. The zero-order chi connectivity index (χ0) is 26.2. The molecule has 0 bridgehead atoms. The van der Waals surface area contributed by atoms with Gasteiger partial charge in [-0.3, -0.25) is 9.59 Å². The minimum absolute atomic E-state index is 0.0481. The number of halogens is 3. The highest BCUT2D eigenvalue weighted by molar-refractivity contribution is 5.88. The first kappa shape index (κ1) is 24.3. The summed E-state index contributed by atoms with van der Waals surface area (Å²) in [4.78, 5) is 32.1. The molecule has 0 radical (unpaired) electrons. The number of fused-ring (bicyclic) bond motifs is 1. The number of carbonyl (C=O) groups excluding carboxylic acids is 1. The normalized spacial score (nSPS) is 11.2. The van der Waals surface area contributed by atoms with Crippen LogP contribution >= 0.6 is 0 Å². The standard InChI is InChI=1S/C23H18F3N7O3/c1-12(34)29-19-9-14(6-7-28-19)36-18-5-4-16-20(15(18)10-27)33(3)22(30-16)31-17-8-13(23(24,25)26)11-32(2)21(17)35/h4-9,11H,1-3H3,(H,30,31)(H,28,29,34). The molecule has 0 aliphatic rings. The van der Waals surface area contributed by atoms with E-state index >= 15 is 0 Å². The summed E-state index contributed by atoms with van der Waals surface area (Å²) in [5, 5.41) is 15.0. The predicted molar refractivity (Wildman–Crippen MR) is 124 cm³/mol. The summed E-state index contributed by atoms with van der Waals surface area (Å²) in [7, 11) is 2.76. The Morgan fingerprint density at radius 1 is 1.19 bits per heavy atom. The SMILES string of the molecule is CC(=O)Nc1cc(Oc2ccc3nc(Nc4cc(C(F)(F)F)cn(C)c4=O)n(C)c3c2C#N)ccn1. The number of anilines is 3. The third-order valence-electron chi connectivity index (χ3n) is 5.13. The molecule has 3 aromatic heterocycles. The van der Waals surface area contributed by atoms with Gasteiger partial charge in [0.15, 0.2) is 0 Å². The number of ether oxygens (including phenoxy) is 1. The van der Waals surface area contributed by atoms with Gasteiger partial charge < -0.3 is 24.5 Å². The van der Waals surface area contributed by atoms with E-state index < -0.39 is 17.3 Å². The van der Waals surface area contributed by atoms with E-state index in [4.69, 9.17) is 4.74 Å². The molecule has 10 nitrogen and oxygen atoms in total. The van der Waals surface area contributed by atoms with Gasteiger partial charge in [-0.15, -0.1) is 0 Å². The highest BCUT2D eigenvalue weighted by Gasteiger charge is 2.32. The second kappa shape index (κ2) is 9.06. The van der Waals surface area contributed by atoms with E-state index in [1.165, 1.54) is 42.9 Å². The number of hydrogen-bond donors (Lipinski definition) is 2. The first-order chi connectivity index (χ1) is 17.0. The van der Waals surface area contributed by atoms with Crippen LogP contribution in [-0.4, -0.2) is 25.0 Å². The van der Waals surface area contributed by atoms with E-state index in [-0.39, 0.29) is 34.7 Å². The van der Waals surface area contributed by atoms with Gasteiger partial charge in [-0.1, -0.05) is 0 Å². The maximum Gasteiger partial charge on any atom is 0.417 e. The van der Waals surface area contributed by atoms with Crippen molar-refractivity contribution in [2.45, 2.75) is 13.1 Å². The lowest BCUT2D eigenvalue weighted by Crippen LogP contribution is -2.23. The second-order valence-corrected chi connectivity index (χ2v) is 7.75. The molecular weight excluding hydrogens is 479 g/mol. The van der Waals surface area contributed by atoms with Crippen LogP contribution in [0.4, 0.5) is 30.6 Å². The van der Waals surface area contributed by atoms with Crippen molar-refractivity contribution in [3.63, 3.8) is 0 Å². The molecule has 1 amide bonds. The van der Waals surface area contributed by atoms with Crippen molar-refractivity contribution >= 4 is 34.4 Å². The Morgan fingerprint density at radius 2 is 1.94 bits per heavy atom. The van der Waals surface area contributed by atoms with E-state index in [1.807, 2.05) is 0 Å². The maximum absolute atomic E-state index is 13.2. The molecule has 184 valence electrons. The lowest BCUT2D eigenvalue weighted by atomic mass is 10.1. The smallest absolute Gasteiger partial charge is 0.417 e. The summed E-state index contributed by atoms with van der Waals surface area (Å²) >= 11 is 0. The Hall–Kier alpha value is -4.86. The van der Waals surface area contributed by atoms with Gasteiger partial charge in [0.25, 0.3) is 5.56 Å². The summed E-state index contributed by atoms with van der Waals surface area (Å²) in [5.74, 6) is 0.470. The Morgan fingerprint density at radius 3 is 2.61 bits per heavy atom. The molecule has 36 heavy (non-hydrogen) atoms. The fourth-order valence-electron chi connectivity index (χ4n) is 3.52. The van der Waals surface area contributed by atoms with Crippen LogP contribution in [0.1, 0.15) is 18.1 Å². The van der Waals surface area contributed by atoms with Crippen LogP contribution < -0.4 is 20.9 Å². The number of pyridine rings is 2. The summed E-state index contributed by atoms with van der Waals surface area (Å²) < 4.78 is 47.8. The number of aromatic nitrogens is 4. The summed E-state index contributed by atoms with van der Waals surface area (Å²) in [5.41, 5.74) is -1.24. The molecule has 0 atom stereocenters. The molecule has 1 aromatic carbocycles. The van der Waals surface area contributed by atoms with Gasteiger partial charge in [-0.05, 0) is 24.3 Å². The number of aryl methyl sites for hydroxylation is 2. The molecular formula is C23H18F3N7O3. The number of imidazole rings is 1. The van der Waals surface area contributed by atoms with Crippen LogP contribution in [0.3, 0.4) is 0 Å². The van der Waals surface area contributed by atoms with E-state index in [0.29, 0.717) is 29.0 Å². The number of nitrogens with zero attached hydrogens (tertiary/aromatic N) is 5. The fourth-order valence-corrected chi connectivity index (χ4v) is 3.52. The van der Waals surface area contributed by atoms with Crippen LogP contribution in [-0.2, 0) is 25.1 Å². The number of nitrogens with one attached hydrogen (secondary N) is 2. The number of amides is 1. The lowest BCUT2D eigenvalue weighted by molar-refractivity contribution is -0.138. The Labute approximate surface area is 201 Å². The average molecular weight is 497 g/mol. The Kier molecular flexibility index (Phi) is 6.11. The summed E-state index contributed by atoms with van der Waals surface area (Å²) in [6, 6.07) is 8.86. The number of carbonyl (C=O) groups is 1. The van der Waals surface area contributed by atoms with E-state index in [0.717, 1.165) is 4.57 Å². The fraction of sp³-hybridized carbons (Fsp3) is 0.174. The summed E-state index contributed by atoms with van der Waals surface area (Å²) in [6.07, 6.45) is -2.52. The number of benzene rings is 1. The molecule has 0 aliphatic carbocycles. The van der Waals surface area contributed by atoms with Gasteiger partial charge in [-0.2, -0.15) is 18.4 Å². The summed E-state index contributed by atoms with van der Waals surface area (Å²) in [6.45, 7) is 1.33. The molecule has 13 heteroatoms. The van der Waals surface area contributed by atoms with Crippen molar-refractivity contribution in [1.29, 1.82) is 5.26 Å². The molecule has 0 saturated carbocycles. The molecule has 4 aromatic rings. The highest BCUT2D eigenvalue weighted by atomic mass is 19.4. The highest BCUT2D eigenvalue weighted by Crippen LogP contribution is 2.34. The Balaban J connectivity index is 1.74. The van der Waals surface area contributed by atoms with Gasteiger partial charge in [0.1, 0.15) is 34.6 Å². The minimum Gasteiger partial charge on any atom is -0.456 e. The van der Waals surface area contributed by atoms with Crippen LogP contribution in [0.25, 0.3) is 11.0 Å². The van der Waals surface area contributed by atoms with Crippen molar-refractivity contribution in [3.05, 3.63) is 64.2 Å². The molecule has 0 fully saturated rings. The average Bonchev–Trinajstić information content (AvgIpc) is 3.11. The third kappa shape index (κ3) is 4.69. The van der Waals surface area contributed by atoms with E-state index in [9.17, 15) is 28.0 Å². The first-order valence-corrected chi connectivity index (χ1v) is 10.3. The van der Waals surface area contributed by atoms with Crippen molar-refractivity contribution in [2.75, 3.05) is 10.6 Å². The monoisotopic (exact) mass is 497 g/mol. The van der Waals surface area contributed by atoms with E-state index in [2.05, 4.69) is 26.7 Å². The topological polar surface area (TPSA) is 127 Å². The number of nitriles is 1. The van der Waals surface area contributed by atoms with Gasteiger partial charge in [0.05, 0.1) is 16.6 Å². The zero-order valence-electron chi connectivity index (χ0n) is 19.1. The first-order valence-electron chi connectivity index (χ1n) is 10.3. The van der Waals surface area contributed by atoms with Crippen molar-refractivity contribution in [2.24, 2.45) is 14.1 Å². The third-order valence-corrected chi connectivity index (χ3v) is 5.13. The van der Waals surface area contributed by atoms with Crippen molar-refractivity contribution in [1.82, 2.24) is 19.1 Å². The molecule has 0 unspecified atom stereocenters. The van der Waals surface area contributed by atoms with Crippen molar-refractivity contribution in [3.8, 4) is 17.6 Å². The number of rotatable bonds is 5. The number of alkyl halides is 3. The van der Waals surface area contributed by atoms with Gasteiger partial charge in [-0.25, -0.2) is 9.97 Å². The van der Waals surface area contributed by atoms with E-state index in [1.54, 1.807) is 13.1 Å².